The van der Waals surface area contributed by atoms with Gasteiger partial charge in [-0.2, -0.15) is 5.10 Å². The van der Waals surface area contributed by atoms with Gasteiger partial charge in [0, 0.05) is 24.7 Å². The van der Waals surface area contributed by atoms with Crippen LogP contribution in [0.1, 0.15) is 5.69 Å². The summed E-state index contributed by atoms with van der Waals surface area (Å²) in [5.74, 6) is -1.57. The zero-order valence-electron chi connectivity index (χ0n) is 13.9. The number of urea groups is 1. The fourth-order valence-corrected chi connectivity index (χ4v) is 2.62. The van der Waals surface area contributed by atoms with Crippen LogP contribution in [0.2, 0.25) is 0 Å². The summed E-state index contributed by atoms with van der Waals surface area (Å²) in [5.41, 5.74) is 1.96. The molecular weight excluding hydrogens is 354 g/mol. The van der Waals surface area contributed by atoms with Crippen molar-refractivity contribution in [3.8, 4) is 0 Å². The molecule has 4 rings (SSSR count). The number of pyridine rings is 1. The Balaban J connectivity index is 1.40. The molecule has 0 spiro atoms. The third-order valence-corrected chi connectivity index (χ3v) is 3.81. The molecule has 0 atom stereocenters. The van der Waals surface area contributed by atoms with E-state index in [1.54, 1.807) is 10.9 Å². The average Bonchev–Trinajstić information content (AvgIpc) is 3.23. The maximum Gasteiger partial charge on any atom is 0.323 e. The number of halogens is 2. The summed E-state index contributed by atoms with van der Waals surface area (Å²) < 4.78 is 30.0. The minimum absolute atomic E-state index is 0.119. The lowest BCUT2D eigenvalue weighted by atomic mass is 10.3. The quantitative estimate of drug-likeness (QED) is 0.579. The third-order valence-electron chi connectivity index (χ3n) is 3.81. The molecule has 0 saturated carbocycles. The predicted octanol–water partition coefficient (Wildman–Crippen LogP) is 3.50. The van der Waals surface area contributed by atoms with Crippen molar-refractivity contribution in [1.29, 1.82) is 0 Å². The van der Waals surface area contributed by atoms with Crippen molar-refractivity contribution in [2.45, 2.75) is 6.54 Å². The Morgan fingerprint density at radius 3 is 2.81 bits per heavy atom. The first-order valence-corrected chi connectivity index (χ1v) is 8.05. The molecule has 4 aromatic rings. The van der Waals surface area contributed by atoms with E-state index in [1.807, 2.05) is 35.0 Å². The maximum atomic E-state index is 13.6. The van der Waals surface area contributed by atoms with E-state index in [4.69, 9.17) is 0 Å². The van der Waals surface area contributed by atoms with Crippen LogP contribution in [0.25, 0.3) is 5.65 Å². The highest BCUT2D eigenvalue weighted by Gasteiger charge is 2.10. The SMILES string of the molecule is O=C(Nc1cnn(Cc2cn3ccccc3n2)c1)Nc1ccc(F)cc1F. The van der Waals surface area contributed by atoms with Gasteiger partial charge in [0.15, 0.2) is 0 Å². The van der Waals surface area contributed by atoms with E-state index in [-0.39, 0.29) is 5.69 Å². The van der Waals surface area contributed by atoms with Crippen LogP contribution in [0.4, 0.5) is 25.0 Å². The van der Waals surface area contributed by atoms with E-state index >= 15 is 0 Å². The van der Waals surface area contributed by atoms with Crippen molar-refractivity contribution in [1.82, 2.24) is 19.2 Å². The summed E-state index contributed by atoms with van der Waals surface area (Å²) in [6, 6.07) is 7.97. The Morgan fingerprint density at radius 2 is 2.00 bits per heavy atom. The second kappa shape index (κ2) is 6.87. The van der Waals surface area contributed by atoms with E-state index in [1.165, 1.54) is 6.20 Å². The number of nitrogens with one attached hydrogen (secondary N) is 2. The molecule has 0 fully saturated rings. The third kappa shape index (κ3) is 3.76. The minimum Gasteiger partial charge on any atom is -0.307 e. The molecule has 0 radical (unpaired) electrons. The van der Waals surface area contributed by atoms with Crippen molar-refractivity contribution < 1.29 is 13.6 Å². The summed E-state index contributed by atoms with van der Waals surface area (Å²) in [5, 5.41) is 9.04. The Bertz CT molecular complexity index is 1090. The van der Waals surface area contributed by atoms with Crippen molar-refractivity contribution in [2.75, 3.05) is 10.6 Å². The van der Waals surface area contributed by atoms with Gasteiger partial charge in [0.2, 0.25) is 0 Å². The van der Waals surface area contributed by atoms with Crippen LogP contribution in [-0.2, 0) is 6.54 Å². The molecule has 136 valence electrons. The predicted molar refractivity (Wildman–Crippen MR) is 95.5 cm³/mol. The molecule has 27 heavy (non-hydrogen) atoms. The number of aromatic nitrogens is 4. The molecular formula is C18H14F2N6O. The largest absolute Gasteiger partial charge is 0.323 e. The zero-order valence-corrected chi connectivity index (χ0v) is 13.9. The van der Waals surface area contributed by atoms with Gasteiger partial charge >= 0.3 is 6.03 Å². The van der Waals surface area contributed by atoms with Crippen molar-refractivity contribution in [3.63, 3.8) is 0 Å². The van der Waals surface area contributed by atoms with Crippen LogP contribution >= 0.6 is 0 Å². The van der Waals surface area contributed by atoms with Gasteiger partial charge in [0.25, 0.3) is 0 Å². The van der Waals surface area contributed by atoms with Gasteiger partial charge in [-0.1, -0.05) is 6.07 Å². The first-order chi connectivity index (χ1) is 13.1. The highest BCUT2D eigenvalue weighted by molar-refractivity contribution is 5.99. The van der Waals surface area contributed by atoms with E-state index < -0.39 is 17.7 Å². The lowest BCUT2D eigenvalue weighted by Gasteiger charge is -2.06. The molecule has 0 aliphatic rings. The number of carbonyl (C=O) groups excluding carboxylic acids is 1. The highest BCUT2D eigenvalue weighted by atomic mass is 19.1. The normalized spacial score (nSPS) is 10.9. The van der Waals surface area contributed by atoms with Gasteiger partial charge in [0.1, 0.15) is 17.3 Å². The molecule has 1 aromatic carbocycles. The number of hydrogen-bond donors (Lipinski definition) is 2. The molecule has 2 amide bonds. The van der Waals surface area contributed by atoms with Gasteiger partial charge in [-0.25, -0.2) is 18.6 Å². The Kier molecular flexibility index (Phi) is 4.25. The van der Waals surface area contributed by atoms with Crippen molar-refractivity contribution >= 4 is 23.1 Å². The van der Waals surface area contributed by atoms with Crippen LogP contribution in [0.3, 0.4) is 0 Å². The lowest BCUT2D eigenvalue weighted by Crippen LogP contribution is -2.19. The number of nitrogens with zero attached hydrogens (tertiary/aromatic N) is 4. The number of hydrogen-bond acceptors (Lipinski definition) is 3. The summed E-state index contributed by atoms with van der Waals surface area (Å²) in [7, 11) is 0. The number of fused-ring (bicyclic) bond motifs is 1. The van der Waals surface area contributed by atoms with Gasteiger partial charge in [0.05, 0.1) is 29.8 Å². The number of carbonyl (C=O) groups is 1. The van der Waals surface area contributed by atoms with Crippen LogP contribution in [0, 0.1) is 11.6 Å². The number of imidazole rings is 1. The van der Waals surface area contributed by atoms with Crippen LogP contribution in [-0.4, -0.2) is 25.2 Å². The molecule has 3 heterocycles. The molecule has 0 unspecified atom stereocenters. The van der Waals surface area contributed by atoms with E-state index in [0.717, 1.165) is 23.5 Å². The lowest BCUT2D eigenvalue weighted by molar-refractivity contribution is 0.262. The standard InChI is InChI=1S/C18H14F2N6O/c19-12-4-5-16(15(20)7-12)24-18(27)23-13-8-21-26(10-13)11-14-9-25-6-2-1-3-17(25)22-14/h1-10H,11H2,(H2,23,24,27). The first-order valence-electron chi connectivity index (χ1n) is 8.05. The monoisotopic (exact) mass is 368 g/mol. The maximum absolute atomic E-state index is 13.6. The molecule has 0 aliphatic carbocycles. The fraction of sp³-hybridized carbons (Fsp3) is 0.0556. The second-order valence-electron chi connectivity index (χ2n) is 5.83. The van der Waals surface area contributed by atoms with Crippen LogP contribution < -0.4 is 10.6 Å². The van der Waals surface area contributed by atoms with Crippen molar-refractivity contribution in [3.05, 3.63) is 78.5 Å². The topological polar surface area (TPSA) is 76.2 Å². The molecule has 0 bridgehead atoms. The number of rotatable bonds is 4. The Labute approximate surface area is 152 Å². The number of benzene rings is 1. The fourth-order valence-electron chi connectivity index (χ4n) is 2.62. The van der Waals surface area contributed by atoms with Gasteiger partial charge in [-0.15, -0.1) is 0 Å². The molecule has 9 heteroatoms. The van der Waals surface area contributed by atoms with E-state index in [0.29, 0.717) is 18.3 Å². The summed E-state index contributed by atoms with van der Waals surface area (Å²) in [4.78, 5) is 16.4. The Hall–Kier alpha value is -3.75. The molecule has 3 aromatic heterocycles. The zero-order chi connectivity index (χ0) is 18.8. The average molecular weight is 368 g/mol. The molecule has 0 saturated heterocycles. The first kappa shape index (κ1) is 16.7. The van der Waals surface area contributed by atoms with Crippen molar-refractivity contribution in [2.24, 2.45) is 0 Å². The van der Waals surface area contributed by atoms with Crippen LogP contribution in [0.15, 0.2) is 61.2 Å². The highest BCUT2D eigenvalue weighted by Crippen LogP contribution is 2.16. The summed E-state index contributed by atoms with van der Waals surface area (Å²) in [6.07, 6.45) is 6.90. The van der Waals surface area contributed by atoms with E-state index in [2.05, 4.69) is 20.7 Å². The number of anilines is 2. The molecule has 2 N–H and O–H groups in total. The van der Waals surface area contributed by atoms with Gasteiger partial charge in [-0.3, -0.25) is 4.68 Å². The molecule has 0 aliphatic heterocycles. The van der Waals surface area contributed by atoms with Gasteiger partial charge in [-0.05, 0) is 24.3 Å². The van der Waals surface area contributed by atoms with Crippen LogP contribution in [0.5, 0.6) is 0 Å². The Morgan fingerprint density at radius 1 is 1.11 bits per heavy atom. The van der Waals surface area contributed by atoms with Gasteiger partial charge < -0.3 is 15.0 Å². The summed E-state index contributed by atoms with van der Waals surface area (Å²) >= 11 is 0. The minimum atomic E-state index is -0.854. The second-order valence-corrected chi connectivity index (χ2v) is 5.83. The smallest absolute Gasteiger partial charge is 0.307 e. The number of amides is 2. The summed E-state index contributed by atoms with van der Waals surface area (Å²) in [6.45, 7) is 0.428. The molecule has 7 nitrogen and oxygen atoms in total. The van der Waals surface area contributed by atoms with E-state index in [9.17, 15) is 13.6 Å².